The number of halogens is 2. The largest absolute Gasteiger partial charge is 0.481 e. The summed E-state index contributed by atoms with van der Waals surface area (Å²) in [5, 5.41) is 7.42. The van der Waals surface area contributed by atoms with Crippen LogP contribution in [0.25, 0.3) is 0 Å². The van der Waals surface area contributed by atoms with Crippen molar-refractivity contribution >= 4 is 29.2 Å². The highest BCUT2D eigenvalue weighted by atomic mass is 35.5. The van der Waals surface area contributed by atoms with Gasteiger partial charge in [-0.2, -0.15) is 0 Å². The van der Waals surface area contributed by atoms with Crippen LogP contribution in [0.5, 0.6) is 0 Å². The fraction of sp³-hybridized carbons (Fsp3) is 0.800. The van der Waals surface area contributed by atoms with E-state index in [0.717, 1.165) is 13.3 Å². The number of aliphatic carboxylic acids is 1. The lowest BCUT2D eigenvalue weighted by atomic mass is 10.6. The molecule has 0 amide bonds. The van der Waals surface area contributed by atoms with Crippen molar-refractivity contribution in [3.8, 4) is 0 Å². The van der Waals surface area contributed by atoms with Gasteiger partial charge in [-0.3, -0.25) is 4.79 Å². The first kappa shape index (κ1) is 11.8. The first-order chi connectivity index (χ1) is 4.00. The van der Waals surface area contributed by atoms with E-state index in [-0.39, 0.29) is 4.84 Å². The Bertz CT molecular complexity index is 69.4. The van der Waals surface area contributed by atoms with Crippen molar-refractivity contribution in [2.45, 2.75) is 25.1 Å². The third-order valence-electron chi connectivity index (χ3n) is 0.309. The zero-order valence-corrected chi connectivity index (χ0v) is 6.91. The van der Waals surface area contributed by atoms with Crippen molar-refractivity contribution in [3.63, 3.8) is 0 Å². The highest BCUT2D eigenvalue weighted by molar-refractivity contribution is 6.44. The van der Waals surface area contributed by atoms with Gasteiger partial charge in [0.05, 0.1) is 0 Å². The van der Waals surface area contributed by atoms with Gasteiger partial charge in [-0.15, -0.1) is 23.2 Å². The van der Waals surface area contributed by atoms with Crippen LogP contribution >= 0.6 is 23.2 Å². The van der Waals surface area contributed by atoms with E-state index in [1.807, 2.05) is 6.92 Å². The number of carboxylic acid groups (broad SMARTS) is 1. The van der Waals surface area contributed by atoms with Crippen molar-refractivity contribution in [1.82, 2.24) is 0 Å². The molecule has 0 aliphatic carbocycles. The van der Waals surface area contributed by atoms with E-state index in [2.05, 4.69) is 0 Å². The fourth-order valence-electron chi connectivity index (χ4n) is 0. The lowest BCUT2D eigenvalue weighted by Crippen LogP contribution is -1.78. The molecular formula is C5H10Cl2O2. The second-order valence-corrected chi connectivity index (χ2v) is 2.60. The Hall–Kier alpha value is 0.0500. The van der Waals surface area contributed by atoms with Gasteiger partial charge in [0.1, 0.15) is 4.84 Å². The van der Waals surface area contributed by atoms with Gasteiger partial charge in [0.2, 0.25) is 0 Å². The molecule has 0 saturated carbocycles. The number of hydrogen-bond acceptors (Lipinski definition) is 1. The summed E-state index contributed by atoms with van der Waals surface area (Å²) in [4.78, 5) is 8.83. The molecule has 0 aromatic heterocycles. The standard InChI is InChI=1S/C3H6Cl2.C2H4O2/c1-2-3(4)5;1-2(3)4/h3H,2H2,1H3;1H3,(H,3,4). The van der Waals surface area contributed by atoms with Crippen LogP contribution in [0.1, 0.15) is 20.3 Å². The van der Waals surface area contributed by atoms with E-state index in [4.69, 9.17) is 33.1 Å². The molecule has 0 atom stereocenters. The highest BCUT2D eigenvalue weighted by Gasteiger charge is 1.86. The number of carboxylic acids is 1. The van der Waals surface area contributed by atoms with E-state index >= 15 is 0 Å². The second kappa shape index (κ2) is 8.05. The molecular weight excluding hydrogens is 163 g/mol. The summed E-state index contributed by atoms with van der Waals surface area (Å²) in [5.74, 6) is -0.833. The number of carbonyl (C=O) groups is 1. The van der Waals surface area contributed by atoms with E-state index < -0.39 is 5.97 Å². The Morgan fingerprint density at radius 3 is 1.78 bits per heavy atom. The van der Waals surface area contributed by atoms with Gasteiger partial charge in [-0.05, 0) is 6.42 Å². The van der Waals surface area contributed by atoms with E-state index in [1.54, 1.807) is 0 Å². The quantitative estimate of drug-likeness (QED) is 0.617. The first-order valence-corrected chi connectivity index (χ1v) is 3.35. The highest BCUT2D eigenvalue weighted by Crippen LogP contribution is 2.03. The Labute approximate surface area is 64.8 Å². The minimum atomic E-state index is -0.833. The van der Waals surface area contributed by atoms with Crippen LogP contribution in [0, 0.1) is 0 Å². The summed E-state index contributed by atoms with van der Waals surface area (Å²) in [6.07, 6.45) is 0.836. The van der Waals surface area contributed by atoms with Gasteiger partial charge in [0.15, 0.2) is 0 Å². The predicted molar refractivity (Wildman–Crippen MR) is 39.1 cm³/mol. The molecule has 1 N–H and O–H groups in total. The summed E-state index contributed by atoms with van der Waals surface area (Å²) in [7, 11) is 0. The maximum absolute atomic E-state index is 9.00. The Balaban J connectivity index is 0. The minimum absolute atomic E-state index is 0.171. The van der Waals surface area contributed by atoms with Gasteiger partial charge >= 0.3 is 0 Å². The predicted octanol–water partition coefficient (Wildman–Crippen LogP) is 2.29. The molecule has 0 aromatic carbocycles. The maximum Gasteiger partial charge on any atom is 0.300 e. The molecule has 0 aliphatic heterocycles. The monoisotopic (exact) mass is 172 g/mol. The van der Waals surface area contributed by atoms with Gasteiger partial charge in [0, 0.05) is 6.92 Å². The van der Waals surface area contributed by atoms with Crippen LogP contribution in [-0.4, -0.2) is 15.9 Å². The average molecular weight is 173 g/mol. The van der Waals surface area contributed by atoms with Crippen LogP contribution in [-0.2, 0) is 4.79 Å². The molecule has 0 rings (SSSR count). The molecule has 0 aliphatic rings. The van der Waals surface area contributed by atoms with E-state index in [9.17, 15) is 0 Å². The lowest BCUT2D eigenvalue weighted by molar-refractivity contribution is -0.134. The van der Waals surface area contributed by atoms with Gasteiger partial charge in [-0.25, -0.2) is 0 Å². The number of alkyl halides is 2. The van der Waals surface area contributed by atoms with Gasteiger partial charge < -0.3 is 5.11 Å². The molecule has 56 valence electrons. The molecule has 2 nitrogen and oxygen atoms in total. The van der Waals surface area contributed by atoms with E-state index in [1.165, 1.54) is 0 Å². The molecule has 0 radical (unpaired) electrons. The molecule has 0 aromatic rings. The van der Waals surface area contributed by atoms with E-state index in [0.29, 0.717) is 0 Å². The molecule has 0 heterocycles. The van der Waals surface area contributed by atoms with Crippen molar-refractivity contribution in [3.05, 3.63) is 0 Å². The topological polar surface area (TPSA) is 37.3 Å². The van der Waals surface area contributed by atoms with Crippen LogP contribution in [0.2, 0.25) is 0 Å². The summed E-state index contributed by atoms with van der Waals surface area (Å²) in [6, 6.07) is 0. The third-order valence-corrected chi connectivity index (χ3v) is 0.926. The van der Waals surface area contributed by atoms with Crippen molar-refractivity contribution in [2.24, 2.45) is 0 Å². The summed E-state index contributed by atoms with van der Waals surface area (Å²) in [6.45, 7) is 3.02. The van der Waals surface area contributed by atoms with Crippen molar-refractivity contribution in [2.75, 3.05) is 0 Å². The molecule has 0 fully saturated rings. The Kier molecular flexibility index (Phi) is 10.6. The number of hydrogen-bond donors (Lipinski definition) is 1. The molecule has 0 spiro atoms. The zero-order valence-electron chi connectivity index (χ0n) is 5.40. The molecule has 9 heavy (non-hydrogen) atoms. The zero-order chi connectivity index (χ0) is 7.86. The number of rotatable bonds is 1. The Morgan fingerprint density at radius 2 is 1.78 bits per heavy atom. The average Bonchev–Trinajstić information content (AvgIpc) is 1.65. The van der Waals surface area contributed by atoms with Crippen LogP contribution < -0.4 is 0 Å². The first-order valence-electron chi connectivity index (χ1n) is 2.48. The summed E-state index contributed by atoms with van der Waals surface area (Å²) < 4.78 is 0. The van der Waals surface area contributed by atoms with Crippen LogP contribution in [0.4, 0.5) is 0 Å². The van der Waals surface area contributed by atoms with Crippen molar-refractivity contribution < 1.29 is 9.90 Å². The van der Waals surface area contributed by atoms with Crippen LogP contribution in [0.15, 0.2) is 0 Å². The second-order valence-electron chi connectivity index (χ2n) is 1.32. The normalized spacial score (nSPS) is 8.11. The Morgan fingerprint density at radius 1 is 1.67 bits per heavy atom. The van der Waals surface area contributed by atoms with Gasteiger partial charge in [-0.1, -0.05) is 6.92 Å². The molecule has 0 bridgehead atoms. The molecule has 0 unspecified atom stereocenters. The summed E-state index contributed by atoms with van der Waals surface area (Å²) in [5.41, 5.74) is 0. The minimum Gasteiger partial charge on any atom is -0.481 e. The summed E-state index contributed by atoms with van der Waals surface area (Å²) >= 11 is 10.5. The molecule has 4 heteroatoms. The fourth-order valence-corrected chi connectivity index (χ4v) is 0. The smallest absolute Gasteiger partial charge is 0.300 e. The molecule has 0 saturated heterocycles. The third kappa shape index (κ3) is 70.1. The van der Waals surface area contributed by atoms with Crippen molar-refractivity contribution in [1.29, 1.82) is 0 Å². The maximum atomic E-state index is 9.00. The van der Waals surface area contributed by atoms with Gasteiger partial charge in [0.25, 0.3) is 5.97 Å². The van der Waals surface area contributed by atoms with Crippen LogP contribution in [0.3, 0.4) is 0 Å². The SMILES string of the molecule is CC(=O)O.CCC(Cl)Cl. The lowest BCUT2D eigenvalue weighted by Gasteiger charge is -1.84.